The third-order valence-electron chi connectivity index (χ3n) is 5.44. The topological polar surface area (TPSA) is 33.5 Å². The van der Waals surface area contributed by atoms with Gasteiger partial charge in [-0.15, -0.1) is 0 Å². The van der Waals surface area contributed by atoms with Crippen LogP contribution in [0.4, 0.5) is 5.69 Å². The second-order valence-electron chi connectivity index (χ2n) is 7.08. The molecule has 5 heteroatoms. The lowest BCUT2D eigenvalue weighted by Gasteiger charge is -2.41. The fourth-order valence-corrected chi connectivity index (χ4v) is 4.07. The van der Waals surface area contributed by atoms with Crippen LogP contribution in [0.1, 0.15) is 24.0 Å². The molecule has 24 heavy (non-hydrogen) atoms. The average Bonchev–Trinajstić information content (AvgIpc) is 2.95. The van der Waals surface area contributed by atoms with Gasteiger partial charge in [-0.1, -0.05) is 18.2 Å². The summed E-state index contributed by atoms with van der Waals surface area (Å²) in [5.41, 5.74) is 3.87. The maximum absolute atomic E-state index is 6.45. The molecule has 1 spiro atoms. The smallest absolute Gasteiger partial charge is 0.0976 e. The summed E-state index contributed by atoms with van der Waals surface area (Å²) in [6, 6.07) is 8.76. The van der Waals surface area contributed by atoms with Gasteiger partial charge in [-0.2, -0.15) is 5.10 Å². The molecule has 4 rings (SSSR count). The summed E-state index contributed by atoms with van der Waals surface area (Å²) in [7, 11) is 4.14. The average molecular weight is 326 g/mol. The number of aromatic nitrogens is 2. The molecule has 2 aliphatic rings. The summed E-state index contributed by atoms with van der Waals surface area (Å²) in [5.74, 6) is 0. The minimum atomic E-state index is -0.118. The van der Waals surface area contributed by atoms with E-state index in [1.807, 2.05) is 17.9 Å². The number of likely N-dealkylation sites (N-methyl/N-ethyl adjacent to an activating group) is 1. The van der Waals surface area contributed by atoms with Crippen LogP contribution in [0.15, 0.2) is 36.7 Å². The molecule has 2 aromatic rings. The van der Waals surface area contributed by atoms with Crippen LogP contribution in [-0.2, 0) is 23.9 Å². The van der Waals surface area contributed by atoms with Gasteiger partial charge in [-0.25, -0.2) is 0 Å². The number of hydrogen-bond donors (Lipinski definition) is 0. The Kier molecular flexibility index (Phi) is 4.06. The number of anilines is 1. The van der Waals surface area contributed by atoms with Crippen molar-refractivity contribution in [3.05, 3.63) is 47.8 Å². The molecule has 0 radical (unpaired) electrons. The highest BCUT2D eigenvalue weighted by molar-refractivity contribution is 5.56. The van der Waals surface area contributed by atoms with Gasteiger partial charge in [0.1, 0.15) is 0 Å². The molecule has 2 aliphatic heterocycles. The van der Waals surface area contributed by atoms with Gasteiger partial charge in [-0.05, 0) is 18.9 Å². The third kappa shape index (κ3) is 2.82. The van der Waals surface area contributed by atoms with Crippen LogP contribution in [0.5, 0.6) is 0 Å². The van der Waals surface area contributed by atoms with E-state index in [0.29, 0.717) is 0 Å². The summed E-state index contributed by atoms with van der Waals surface area (Å²) in [4.78, 5) is 4.84. The predicted molar refractivity (Wildman–Crippen MR) is 95.1 cm³/mol. The highest BCUT2D eigenvalue weighted by Gasteiger charge is 2.40. The third-order valence-corrected chi connectivity index (χ3v) is 5.44. The van der Waals surface area contributed by atoms with Gasteiger partial charge >= 0.3 is 0 Å². The zero-order valence-corrected chi connectivity index (χ0v) is 14.6. The highest BCUT2D eigenvalue weighted by Crippen LogP contribution is 2.42. The molecular formula is C19H26N4O. The molecule has 0 unspecified atom stereocenters. The number of ether oxygens (including phenoxy) is 1. The minimum absolute atomic E-state index is 0.118. The van der Waals surface area contributed by atoms with Crippen molar-refractivity contribution in [3.63, 3.8) is 0 Å². The Bertz CT molecular complexity index is 703. The molecule has 128 valence electrons. The predicted octanol–water partition coefficient (Wildman–Crippen LogP) is 2.38. The zero-order valence-electron chi connectivity index (χ0n) is 14.6. The van der Waals surface area contributed by atoms with Crippen molar-refractivity contribution >= 4 is 5.69 Å². The van der Waals surface area contributed by atoms with E-state index in [1.165, 1.54) is 16.8 Å². The standard InChI is InChI=1S/C19H26N4O/c1-21-11-12-24-19(17-5-3-4-6-18(17)21)7-9-23(10-8-19)15-16-13-20-22(2)14-16/h3-6,13-14H,7-12,15H2,1-2H3. The van der Waals surface area contributed by atoms with Gasteiger partial charge in [0, 0.05) is 63.3 Å². The Morgan fingerprint density at radius 2 is 1.92 bits per heavy atom. The van der Waals surface area contributed by atoms with Gasteiger partial charge in [0.25, 0.3) is 0 Å². The Morgan fingerprint density at radius 1 is 1.12 bits per heavy atom. The normalized spacial score (nSPS) is 20.8. The molecule has 1 aromatic carbocycles. The van der Waals surface area contributed by atoms with Crippen LogP contribution in [0.2, 0.25) is 0 Å². The van der Waals surface area contributed by atoms with Crippen molar-refractivity contribution in [1.29, 1.82) is 0 Å². The molecule has 5 nitrogen and oxygen atoms in total. The van der Waals surface area contributed by atoms with Crippen LogP contribution >= 0.6 is 0 Å². The first-order chi connectivity index (χ1) is 11.7. The number of piperidine rings is 1. The molecule has 1 saturated heterocycles. The minimum Gasteiger partial charge on any atom is -0.372 e. The molecule has 1 aromatic heterocycles. The summed E-state index contributed by atoms with van der Waals surface area (Å²) in [6.45, 7) is 4.86. The van der Waals surface area contributed by atoms with E-state index >= 15 is 0 Å². The Labute approximate surface area is 143 Å². The lowest BCUT2D eigenvalue weighted by Crippen LogP contribution is -2.43. The molecule has 1 fully saturated rings. The molecule has 0 saturated carbocycles. The summed E-state index contributed by atoms with van der Waals surface area (Å²) >= 11 is 0. The second kappa shape index (κ2) is 6.22. The first-order valence-corrected chi connectivity index (χ1v) is 8.81. The van der Waals surface area contributed by atoms with E-state index in [4.69, 9.17) is 4.74 Å². The van der Waals surface area contributed by atoms with Crippen LogP contribution in [0.3, 0.4) is 0 Å². The summed E-state index contributed by atoms with van der Waals surface area (Å²) in [6.07, 6.45) is 6.18. The zero-order chi connectivity index (χ0) is 16.6. The van der Waals surface area contributed by atoms with Crippen molar-refractivity contribution in [3.8, 4) is 0 Å². The number of hydrogen-bond acceptors (Lipinski definition) is 4. The first-order valence-electron chi connectivity index (χ1n) is 8.81. The van der Waals surface area contributed by atoms with Crippen molar-refractivity contribution < 1.29 is 4.74 Å². The molecule has 0 amide bonds. The van der Waals surface area contributed by atoms with Crippen LogP contribution in [0.25, 0.3) is 0 Å². The van der Waals surface area contributed by atoms with Crippen LogP contribution < -0.4 is 4.90 Å². The van der Waals surface area contributed by atoms with Crippen molar-refractivity contribution in [2.24, 2.45) is 7.05 Å². The van der Waals surface area contributed by atoms with Crippen molar-refractivity contribution in [1.82, 2.24) is 14.7 Å². The number of benzene rings is 1. The first kappa shape index (κ1) is 15.7. The lowest BCUT2D eigenvalue weighted by molar-refractivity contribution is -0.0848. The van der Waals surface area contributed by atoms with Gasteiger partial charge in [0.2, 0.25) is 0 Å². The maximum Gasteiger partial charge on any atom is 0.0976 e. The van der Waals surface area contributed by atoms with E-state index in [1.54, 1.807) is 0 Å². The molecule has 0 N–H and O–H groups in total. The van der Waals surface area contributed by atoms with Crippen LogP contribution in [0, 0.1) is 0 Å². The number of rotatable bonds is 2. The highest BCUT2D eigenvalue weighted by atomic mass is 16.5. The van der Waals surface area contributed by atoms with Crippen LogP contribution in [-0.4, -0.2) is 48.0 Å². The van der Waals surface area contributed by atoms with E-state index in [2.05, 4.69) is 52.4 Å². The fraction of sp³-hybridized carbons (Fsp3) is 0.526. The Morgan fingerprint density at radius 3 is 2.67 bits per heavy atom. The molecular weight excluding hydrogens is 300 g/mol. The molecule has 0 aliphatic carbocycles. The summed E-state index contributed by atoms with van der Waals surface area (Å²) < 4.78 is 8.32. The van der Waals surface area contributed by atoms with Gasteiger partial charge in [0.05, 0.1) is 18.4 Å². The Balaban J connectivity index is 1.52. The Hall–Kier alpha value is -1.85. The van der Waals surface area contributed by atoms with E-state index in [0.717, 1.165) is 45.6 Å². The quantitative estimate of drug-likeness (QED) is 0.848. The number of aryl methyl sites for hydroxylation is 1. The monoisotopic (exact) mass is 326 g/mol. The SMILES string of the molecule is CN1CCOC2(CCN(Cc3cnn(C)c3)CC2)c2ccccc21. The number of fused-ring (bicyclic) bond motifs is 2. The van der Waals surface area contributed by atoms with Gasteiger partial charge in [-0.3, -0.25) is 9.58 Å². The molecule has 0 bridgehead atoms. The van der Waals surface area contributed by atoms with E-state index < -0.39 is 0 Å². The molecule has 3 heterocycles. The van der Waals surface area contributed by atoms with E-state index in [-0.39, 0.29) is 5.60 Å². The number of para-hydroxylation sites is 1. The molecule has 0 atom stereocenters. The summed E-state index contributed by atoms with van der Waals surface area (Å²) in [5, 5.41) is 4.28. The van der Waals surface area contributed by atoms with Gasteiger partial charge in [0.15, 0.2) is 0 Å². The fourth-order valence-electron chi connectivity index (χ4n) is 4.07. The largest absolute Gasteiger partial charge is 0.372 e. The maximum atomic E-state index is 6.45. The second-order valence-corrected chi connectivity index (χ2v) is 7.08. The van der Waals surface area contributed by atoms with E-state index in [9.17, 15) is 0 Å². The number of likely N-dealkylation sites (tertiary alicyclic amines) is 1. The number of nitrogens with zero attached hydrogens (tertiary/aromatic N) is 4. The lowest BCUT2D eigenvalue weighted by atomic mass is 9.83. The van der Waals surface area contributed by atoms with Gasteiger partial charge < -0.3 is 9.64 Å². The van der Waals surface area contributed by atoms with Crippen molar-refractivity contribution in [2.75, 3.05) is 38.2 Å². The van der Waals surface area contributed by atoms with Crippen molar-refractivity contribution in [2.45, 2.75) is 25.0 Å².